The molecule has 0 N–H and O–H groups in total. The number of hydrogen-bond acceptors (Lipinski definition) is 4. The summed E-state index contributed by atoms with van der Waals surface area (Å²) >= 11 is -2.55. The van der Waals surface area contributed by atoms with Crippen LogP contribution >= 0.6 is 0 Å². The van der Waals surface area contributed by atoms with E-state index in [1.54, 1.807) is 6.92 Å². The average molecular weight is 320 g/mol. The molecule has 0 saturated heterocycles. The van der Waals surface area contributed by atoms with Crippen molar-refractivity contribution < 1.29 is 17.7 Å². The minimum absolute atomic E-state index is 0.130. The number of ketones is 1. The molecule has 1 aromatic heterocycles. The molecule has 6 heteroatoms. The van der Waals surface area contributed by atoms with Gasteiger partial charge in [0.25, 0.3) is 0 Å². The van der Waals surface area contributed by atoms with Crippen LogP contribution in [-0.2, 0) is 28.5 Å². The van der Waals surface area contributed by atoms with Crippen molar-refractivity contribution in [2.24, 2.45) is 0 Å². The van der Waals surface area contributed by atoms with E-state index in [2.05, 4.69) is 6.07 Å². The Labute approximate surface area is 131 Å². The third-order valence-corrected chi connectivity index (χ3v) is 4.59. The van der Waals surface area contributed by atoms with Crippen LogP contribution in [0.3, 0.4) is 0 Å². The molecule has 118 valence electrons. The topological polar surface area (TPSA) is 71.4 Å². The summed E-state index contributed by atoms with van der Waals surface area (Å²) < 4.78 is 28.1. The van der Waals surface area contributed by atoms with Crippen LogP contribution in [0, 0.1) is 6.92 Å². The van der Waals surface area contributed by atoms with Crippen LogP contribution in [0.5, 0.6) is 0 Å². The van der Waals surface area contributed by atoms with Gasteiger partial charge < -0.3 is 9.12 Å². The first kappa shape index (κ1) is 15.4. The van der Waals surface area contributed by atoms with Crippen molar-refractivity contribution in [2.75, 3.05) is 0 Å². The van der Waals surface area contributed by atoms with Gasteiger partial charge in [0.15, 0.2) is 5.78 Å². The second-order valence-corrected chi connectivity index (χ2v) is 6.45. The Kier molecular flexibility index (Phi) is 4.16. The molecule has 3 rings (SSSR count). The number of fused-ring (bicyclic) bond motifs is 3. The van der Waals surface area contributed by atoms with E-state index in [9.17, 15) is 13.6 Å². The Hall–Kier alpha value is -1.50. The number of Topliss-reactive ketones (excluding diaryl/α,β-unsaturated/α-hetero) is 1. The highest BCUT2D eigenvalue weighted by molar-refractivity contribution is 7.74. The lowest BCUT2D eigenvalue weighted by Gasteiger charge is -2.19. The van der Waals surface area contributed by atoms with Crippen LogP contribution in [-0.4, -0.2) is 25.2 Å². The highest BCUT2D eigenvalue weighted by Crippen LogP contribution is 2.33. The summed E-state index contributed by atoms with van der Waals surface area (Å²) in [6.45, 7) is 4.06. The van der Waals surface area contributed by atoms with Crippen LogP contribution < -0.4 is 0 Å². The lowest BCUT2D eigenvalue weighted by Crippen LogP contribution is -2.22. The highest BCUT2D eigenvalue weighted by atomic mass is 32.2. The number of carbonyl (C=O) groups excluding carboxylic acids is 1. The van der Waals surface area contributed by atoms with Gasteiger partial charge in [0.1, 0.15) is 0 Å². The molecular formula is C16H18NO4S-. The summed E-state index contributed by atoms with van der Waals surface area (Å²) in [5, 5.41) is 1.10. The van der Waals surface area contributed by atoms with Gasteiger partial charge in [-0.05, 0) is 44.4 Å². The Morgan fingerprint density at radius 3 is 2.91 bits per heavy atom. The molecule has 0 saturated carbocycles. The summed E-state index contributed by atoms with van der Waals surface area (Å²) in [6, 6.07) is 6.10. The van der Waals surface area contributed by atoms with Crippen molar-refractivity contribution >= 4 is 28.0 Å². The monoisotopic (exact) mass is 320 g/mol. The van der Waals surface area contributed by atoms with E-state index >= 15 is 0 Å². The number of hydrogen-bond donors (Lipinski definition) is 0. The van der Waals surface area contributed by atoms with E-state index in [1.165, 1.54) is 0 Å². The standard InChI is InChI=1S/C16H19NO4S/c1-10-6-7-14-13(8-10)12-4-3-5-15(18)16(12)17(14)9-11(2)21-22(19)20/h6-8,11H,3-5,9H2,1-2H3,(H,19,20)/p-1. The second kappa shape index (κ2) is 5.95. The fourth-order valence-corrected chi connectivity index (χ4v) is 3.59. The first-order valence-corrected chi connectivity index (χ1v) is 8.38. The zero-order chi connectivity index (χ0) is 15.9. The molecule has 22 heavy (non-hydrogen) atoms. The summed E-state index contributed by atoms with van der Waals surface area (Å²) in [5.41, 5.74) is 3.93. The van der Waals surface area contributed by atoms with Crippen molar-refractivity contribution in [1.29, 1.82) is 0 Å². The molecule has 2 unspecified atom stereocenters. The molecule has 2 atom stereocenters. The smallest absolute Gasteiger partial charge is 0.179 e. The molecule has 1 heterocycles. The number of aryl methyl sites for hydroxylation is 2. The Morgan fingerprint density at radius 1 is 1.41 bits per heavy atom. The zero-order valence-corrected chi connectivity index (χ0v) is 13.4. The van der Waals surface area contributed by atoms with Crippen molar-refractivity contribution in [3.8, 4) is 0 Å². The first-order chi connectivity index (χ1) is 10.5. The van der Waals surface area contributed by atoms with Gasteiger partial charge in [-0.1, -0.05) is 11.6 Å². The van der Waals surface area contributed by atoms with Gasteiger partial charge in [0, 0.05) is 17.3 Å². The number of benzene rings is 1. The second-order valence-electron chi connectivity index (χ2n) is 5.85. The molecule has 2 aromatic rings. The highest BCUT2D eigenvalue weighted by Gasteiger charge is 2.26. The van der Waals surface area contributed by atoms with Crippen molar-refractivity contribution in [3.63, 3.8) is 0 Å². The van der Waals surface area contributed by atoms with Crippen LogP contribution in [0.1, 0.15) is 41.4 Å². The molecule has 0 aliphatic heterocycles. The van der Waals surface area contributed by atoms with Gasteiger partial charge in [0.05, 0.1) is 29.7 Å². The van der Waals surface area contributed by atoms with Gasteiger partial charge >= 0.3 is 0 Å². The molecule has 0 radical (unpaired) electrons. The Bertz CT molecular complexity index is 765. The van der Waals surface area contributed by atoms with E-state index < -0.39 is 17.5 Å². The molecule has 5 nitrogen and oxygen atoms in total. The van der Waals surface area contributed by atoms with E-state index in [0.29, 0.717) is 13.0 Å². The van der Waals surface area contributed by atoms with E-state index in [4.69, 9.17) is 4.18 Å². The number of rotatable bonds is 4. The van der Waals surface area contributed by atoms with Gasteiger partial charge in [-0.25, -0.2) is 4.21 Å². The molecule has 0 bridgehead atoms. The lowest BCUT2D eigenvalue weighted by atomic mass is 9.94. The minimum Gasteiger partial charge on any atom is -0.750 e. The Balaban J connectivity index is 2.13. The molecule has 1 aromatic carbocycles. The average Bonchev–Trinajstić information content (AvgIpc) is 2.73. The zero-order valence-electron chi connectivity index (χ0n) is 12.6. The normalized spacial score (nSPS) is 17.5. The fourth-order valence-electron chi connectivity index (χ4n) is 3.27. The third kappa shape index (κ3) is 2.74. The van der Waals surface area contributed by atoms with Crippen LogP contribution in [0.15, 0.2) is 18.2 Å². The maximum absolute atomic E-state index is 12.4. The van der Waals surface area contributed by atoms with E-state index in [1.807, 2.05) is 23.6 Å². The number of nitrogens with zero attached hydrogens (tertiary/aromatic N) is 1. The first-order valence-electron chi connectivity index (χ1n) is 7.38. The quantitative estimate of drug-likeness (QED) is 0.812. The molecule has 0 fully saturated rings. The number of carbonyl (C=O) groups is 1. The lowest BCUT2D eigenvalue weighted by molar-refractivity contribution is 0.0960. The summed E-state index contributed by atoms with van der Waals surface area (Å²) in [5.74, 6) is 0.130. The minimum atomic E-state index is -2.55. The Morgan fingerprint density at radius 2 is 2.18 bits per heavy atom. The SMILES string of the molecule is Cc1ccc2c(c1)c1c(n2CC(C)OS(=O)[O-])C(=O)CCC1. The van der Waals surface area contributed by atoms with Gasteiger partial charge in [-0.3, -0.25) is 8.98 Å². The van der Waals surface area contributed by atoms with Crippen molar-refractivity contribution in [3.05, 3.63) is 35.0 Å². The van der Waals surface area contributed by atoms with Gasteiger partial charge in [0.2, 0.25) is 0 Å². The van der Waals surface area contributed by atoms with Crippen LogP contribution in [0.2, 0.25) is 0 Å². The largest absolute Gasteiger partial charge is 0.750 e. The molecule has 1 aliphatic carbocycles. The van der Waals surface area contributed by atoms with Gasteiger partial charge in [-0.2, -0.15) is 0 Å². The summed E-state index contributed by atoms with van der Waals surface area (Å²) in [6.07, 6.45) is 1.78. The van der Waals surface area contributed by atoms with E-state index in [-0.39, 0.29) is 5.78 Å². The number of aromatic nitrogens is 1. The summed E-state index contributed by atoms with van der Waals surface area (Å²) in [4.78, 5) is 12.4. The van der Waals surface area contributed by atoms with Crippen molar-refractivity contribution in [1.82, 2.24) is 4.57 Å². The maximum Gasteiger partial charge on any atom is 0.179 e. The fraction of sp³-hybridized carbons (Fsp3) is 0.438. The predicted octanol–water partition coefficient (Wildman–Crippen LogP) is 2.67. The third-order valence-electron chi connectivity index (χ3n) is 4.10. The van der Waals surface area contributed by atoms with Gasteiger partial charge in [-0.15, -0.1) is 0 Å². The van der Waals surface area contributed by atoms with Crippen LogP contribution in [0.4, 0.5) is 0 Å². The molecular weight excluding hydrogens is 302 g/mol. The molecule has 0 spiro atoms. The van der Waals surface area contributed by atoms with Crippen molar-refractivity contribution in [2.45, 2.75) is 45.8 Å². The predicted molar refractivity (Wildman–Crippen MR) is 83.4 cm³/mol. The molecule has 1 aliphatic rings. The van der Waals surface area contributed by atoms with Crippen LogP contribution in [0.25, 0.3) is 10.9 Å². The maximum atomic E-state index is 12.4. The molecule has 0 amide bonds. The summed E-state index contributed by atoms with van der Waals surface area (Å²) in [7, 11) is 0. The van der Waals surface area contributed by atoms with E-state index in [0.717, 1.165) is 40.6 Å².